The van der Waals surface area contributed by atoms with E-state index in [9.17, 15) is 4.79 Å². The van der Waals surface area contributed by atoms with E-state index in [0.29, 0.717) is 33.8 Å². The molecule has 0 fully saturated rings. The topological polar surface area (TPSA) is 124 Å². The van der Waals surface area contributed by atoms with Crippen molar-refractivity contribution in [2.24, 2.45) is 21.7 Å². The first-order chi connectivity index (χ1) is 13.4. The molecule has 0 radical (unpaired) electrons. The molecule has 0 spiro atoms. The average molecular weight is 448 g/mol. The van der Waals surface area contributed by atoms with Crippen LogP contribution in [0.5, 0.6) is 11.5 Å². The summed E-state index contributed by atoms with van der Waals surface area (Å²) in [5.74, 6) is 0.476. The molecule has 8 nitrogen and oxygen atoms in total. The quantitative estimate of drug-likeness (QED) is 0.326. The molecule has 2 aromatic rings. The third-order valence-electron chi connectivity index (χ3n) is 3.43. The van der Waals surface area contributed by atoms with Gasteiger partial charge in [-0.2, -0.15) is 5.10 Å². The number of nitrogens with two attached hydrogens (primary N) is 2. The van der Waals surface area contributed by atoms with E-state index in [-0.39, 0.29) is 18.5 Å². The molecule has 0 saturated heterocycles. The van der Waals surface area contributed by atoms with Crippen molar-refractivity contribution in [2.45, 2.75) is 13.8 Å². The number of aryl methyl sites for hydroxylation is 1. The third-order valence-corrected chi connectivity index (χ3v) is 4.11. The van der Waals surface area contributed by atoms with Crippen LogP contribution in [0.3, 0.4) is 0 Å². The van der Waals surface area contributed by atoms with Crippen LogP contribution < -0.4 is 26.3 Å². The van der Waals surface area contributed by atoms with Crippen molar-refractivity contribution in [2.75, 3.05) is 18.5 Å². The van der Waals surface area contributed by atoms with Crippen LogP contribution in [0.25, 0.3) is 0 Å². The van der Waals surface area contributed by atoms with Crippen molar-refractivity contribution < 1.29 is 14.3 Å². The lowest BCUT2D eigenvalue weighted by Crippen LogP contribution is -2.21. The smallest absolute Gasteiger partial charge is 0.262 e. The average Bonchev–Trinajstić information content (AvgIpc) is 2.64. The number of nitrogens with one attached hydrogen (secondary N) is 1. The molecule has 2 aromatic carbocycles. The van der Waals surface area contributed by atoms with Crippen LogP contribution >= 0.6 is 15.9 Å². The minimum Gasteiger partial charge on any atom is -0.490 e. The summed E-state index contributed by atoms with van der Waals surface area (Å²) in [5.41, 5.74) is 13.0. The lowest BCUT2D eigenvalue weighted by Gasteiger charge is -2.14. The number of hydrogen-bond donors (Lipinski definition) is 3. The first-order valence-corrected chi connectivity index (χ1v) is 9.26. The van der Waals surface area contributed by atoms with Crippen LogP contribution in [-0.2, 0) is 4.79 Å². The van der Waals surface area contributed by atoms with Crippen molar-refractivity contribution >= 4 is 39.7 Å². The van der Waals surface area contributed by atoms with Gasteiger partial charge in [-0.1, -0.05) is 17.7 Å². The van der Waals surface area contributed by atoms with Gasteiger partial charge in [0.05, 0.1) is 12.8 Å². The molecule has 0 atom stereocenters. The van der Waals surface area contributed by atoms with Gasteiger partial charge in [0, 0.05) is 15.7 Å². The van der Waals surface area contributed by atoms with Crippen molar-refractivity contribution in [3.8, 4) is 11.5 Å². The molecule has 0 heterocycles. The Hall–Kier alpha value is -3.07. The predicted molar refractivity (Wildman–Crippen MR) is 114 cm³/mol. The summed E-state index contributed by atoms with van der Waals surface area (Å²) in [7, 11) is 0. The van der Waals surface area contributed by atoms with Gasteiger partial charge in [-0.05, 0) is 54.0 Å². The normalized spacial score (nSPS) is 10.5. The molecule has 5 N–H and O–H groups in total. The molecular formula is C19H22BrN5O3. The number of guanidine groups is 1. The second kappa shape index (κ2) is 10.3. The van der Waals surface area contributed by atoms with Crippen LogP contribution in [0.4, 0.5) is 5.69 Å². The highest BCUT2D eigenvalue weighted by Crippen LogP contribution is 2.33. The fourth-order valence-electron chi connectivity index (χ4n) is 2.17. The van der Waals surface area contributed by atoms with Gasteiger partial charge in [0.25, 0.3) is 5.91 Å². The van der Waals surface area contributed by atoms with Gasteiger partial charge in [-0.15, -0.1) is 5.10 Å². The lowest BCUT2D eigenvalue weighted by atomic mass is 10.2. The Morgan fingerprint density at radius 1 is 1.18 bits per heavy atom. The molecule has 0 aliphatic heterocycles. The number of carbonyl (C=O) groups is 1. The van der Waals surface area contributed by atoms with Crippen LogP contribution in [0.1, 0.15) is 18.1 Å². The SMILES string of the molecule is CCOc1cc(C=NN=C(N)N)c(Br)cc1OCC(=O)Nc1ccc(C)cc1. The van der Waals surface area contributed by atoms with Crippen LogP contribution in [0.15, 0.2) is 51.1 Å². The predicted octanol–water partition coefficient (Wildman–Crippen LogP) is 2.78. The minimum absolute atomic E-state index is 0.142. The third kappa shape index (κ3) is 6.58. The number of benzene rings is 2. The Morgan fingerprint density at radius 3 is 2.50 bits per heavy atom. The number of nitrogens with zero attached hydrogens (tertiary/aromatic N) is 2. The van der Waals surface area contributed by atoms with Crippen LogP contribution in [0.2, 0.25) is 0 Å². The summed E-state index contributed by atoms with van der Waals surface area (Å²) in [6, 6.07) is 10.9. The van der Waals surface area contributed by atoms with Crippen molar-refractivity contribution in [1.29, 1.82) is 0 Å². The van der Waals surface area contributed by atoms with Gasteiger partial charge in [-0.25, -0.2) is 0 Å². The zero-order chi connectivity index (χ0) is 20.5. The number of anilines is 1. The number of hydrogen-bond acceptors (Lipinski definition) is 5. The first kappa shape index (κ1) is 21.2. The molecule has 28 heavy (non-hydrogen) atoms. The Kier molecular flexibility index (Phi) is 7.82. The number of ether oxygens (including phenoxy) is 2. The second-order valence-corrected chi connectivity index (χ2v) is 6.58. The van der Waals surface area contributed by atoms with Gasteiger partial charge in [0.2, 0.25) is 5.96 Å². The zero-order valence-electron chi connectivity index (χ0n) is 15.6. The first-order valence-electron chi connectivity index (χ1n) is 8.46. The van der Waals surface area contributed by atoms with E-state index in [1.54, 1.807) is 12.1 Å². The maximum Gasteiger partial charge on any atom is 0.262 e. The van der Waals surface area contributed by atoms with Gasteiger partial charge < -0.3 is 26.3 Å². The molecule has 9 heteroatoms. The van der Waals surface area contributed by atoms with E-state index in [1.165, 1.54) is 6.21 Å². The van der Waals surface area contributed by atoms with Gasteiger partial charge in [0.1, 0.15) is 0 Å². The summed E-state index contributed by atoms with van der Waals surface area (Å²) >= 11 is 3.43. The van der Waals surface area contributed by atoms with Gasteiger partial charge in [-0.3, -0.25) is 4.79 Å². The van der Waals surface area contributed by atoms with E-state index in [0.717, 1.165) is 5.56 Å². The number of rotatable bonds is 8. The molecule has 0 aromatic heterocycles. The van der Waals surface area contributed by atoms with Crippen molar-refractivity contribution in [3.63, 3.8) is 0 Å². The molecule has 0 aliphatic rings. The van der Waals surface area contributed by atoms with E-state index in [4.69, 9.17) is 20.9 Å². The Morgan fingerprint density at radius 2 is 1.86 bits per heavy atom. The lowest BCUT2D eigenvalue weighted by molar-refractivity contribution is -0.118. The molecular weight excluding hydrogens is 426 g/mol. The minimum atomic E-state index is -0.277. The molecule has 0 unspecified atom stereocenters. The molecule has 1 amide bonds. The molecule has 2 rings (SSSR count). The van der Waals surface area contributed by atoms with E-state index in [1.807, 2.05) is 38.1 Å². The van der Waals surface area contributed by atoms with E-state index in [2.05, 4.69) is 31.4 Å². The molecule has 0 aliphatic carbocycles. The monoisotopic (exact) mass is 447 g/mol. The largest absolute Gasteiger partial charge is 0.490 e. The summed E-state index contributed by atoms with van der Waals surface area (Å²) in [6.07, 6.45) is 1.47. The standard InChI is InChI=1S/C19H22BrN5O3/c1-3-27-16-8-13(10-23-25-19(21)22)15(20)9-17(16)28-11-18(26)24-14-6-4-12(2)5-7-14/h4-10H,3,11H2,1-2H3,(H,24,26)(H4,21,22,25). The maximum absolute atomic E-state index is 12.1. The molecule has 148 valence electrons. The highest BCUT2D eigenvalue weighted by Gasteiger charge is 2.12. The number of amides is 1. The fourth-order valence-corrected chi connectivity index (χ4v) is 2.59. The van der Waals surface area contributed by atoms with Crippen LogP contribution in [-0.4, -0.2) is 31.3 Å². The summed E-state index contributed by atoms with van der Waals surface area (Å²) in [5, 5.41) is 10.1. The summed E-state index contributed by atoms with van der Waals surface area (Å²) in [6.45, 7) is 4.09. The number of halogens is 1. The maximum atomic E-state index is 12.1. The van der Waals surface area contributed by atoms with Gasteiger partial charge >= 0.3 is 0 Å². The Balaban J connectivity index is 2.09. The Bertz CT molecular complexity index is 878. The Labute approximate surface area is 171 Å². The van der Waals surface area contributed by atoms with Crippen molar-refractivity contribution in [3.05, 3.63) is 52.0 Å². The van der Waals surface area contributed by atoms with E-state index < -0.39 is 0 Å². The fraction of sp³-hybridized carbons (Fsp3) is 0.211. The molecule has 0 saturated carbocycles. The number of carbonyl (C=O) groups excluding carboxylic acids is 1. The molecule has 0 bridgehead atoms. The summed E-state index contributed by atoms with van der Waals surface area (Å²) in [4.78, 5) is 12.1. The van der Waals surface area contributed by atoms with E-state index >= 15 is 0 Å². The highest BCUT2D eigenvalue weighted by molar-refractivity contribution is 9.10. The summed E-state index contributed by atoms with van der Waals surface area (Å²) < 4.78 is 11.9. The zero-order valence-corrected chi connectivity index (χ0v) is 17.2. The van der Waals surface area contributed by atoms with Gasteiger partial charge in [0.15, 0.2) is 18.1 Å². The second-order valence-electron chi connectivity index (χ2n) is 5.73. The van der Waals surface area contributed by atoms with Crippen molar-refractivity contribution in [1.82, 2.24) is 0 Å². The highest BCUT2D eigenvalue weighted by atomic mass is 79.9. The van der Waals surface area contributed by atoms with Crippen LogP contribution in [0, 0.1) is 6.92 Å².